The number of rotatable bonds is 5. The van der Waals surface area contributed by atoms with Gasteiger partial charge in [-0.05, 0) is 30.5 Å². The van der Waals surface area contributed by atoms with Crippen LogP contribution in [0.4, 0.5) is 0 Å². The number of carbonyl (C=O) groups is 1. The summed E-state index contributed by atoms with van der Waals surface area (Å²) in [5, 5.41) is 8.40. The van der Waals surface area contributed by atoms with Crippen LogP contribution in [0.25, 0.3) is 11.0 Å². The molecule has 0 saturated carbocycles. The van der Waals surface area contributed by atoms with Gasteiger partial charge in [-0.3, -0.25) is 9.69 Å². The molecular formula is C19H20N4O2. The summed E-state index contributed by atoms with van der Waals surface area (Å²) >= 11 is 0. The maximum atomic E-state index is 12.5. The summed E-state index contributed by atoms with van der Waals surface area (Å²) in [5.41, 5.74) is 2.85. The number of nitrogens with zero attached hydrogens (tertiary/aromatic N) is 4. The molecule has 0 N–H and O–H groups in total. The van der Waals surface area contributed by atoms with Gasteiger partial charge in [0.05, 0.1) is 12.2 Å². The van der Waals surface area contributed by atoms with Crippen molar-refractivity contribution in [1.82, 2.24) is 19.9 Å². The van der Waals surface area contributed by atoms with E-state index in [0.717, 1.165) is 36.0 Å². The second-order valence-corrected chi connectivity index (χ2v) is 6.28. The minimum atomic E-state index is -0.216. The van der Waals surface area contributed by atoms with Crippen LogP contribution in [-0.4, -0.2) is 38.4 Å². The highest BCUT2D eigenvalue weighted by Crippen LogP contribution is 2.21. The Bertz CT molecular complexity index is 862. The van der Waals surface area contributed by atoms with Gasteiger partial charge in [0.2, 0.25) is 0 Å². The van der Waals surface area contributed by atoms with Gasteiger partial charge in [0.25, 0.3) is 0 Å². The van der Waals surface area contributed by atoms with E-state index in [-0.39, 0.29) is 12.0 Å². The molecule has 3 aromatic rings. The van der Waals surface area contributed by atoms with Crippen LogP contribution in [0.2, 0.25) is 0 Å². The van der Waals surface area contributed by atoms with E-state index in [9.17, 15) is 4.79 Å². The lowest BCUT2D eigenvalue weighted by molar-refractivity contribution is -0.150. The molecule has 4 rings (SSSR count). The second-order valence-electron chi connectivity index (χ2n) is 6.28. The Hall–Kier alpha value is -2.73. The molecule has 0 bridgehead atoms. The molecule has 25 heavy (non-hydrogen) atoms. The van der Waals surface area contributed by atoms with E-state index >= 15 is 0 Å². The van der Waals surface area contributed by atoms with Crippen molar-refractivity contribution >= 4 is 17.0 Å². The van der Waals surface area contributed by atoms with Gasteiger partial charge < -0.3 is 4.74 Å². The van der Waals surface area contributed by atoms with Crippen LogP contribution in [-0.2, 0) is 22.8 Å². The van der Waals surface area contributed by atoms with Crippen molar-refractivity contribution in [3.63, 3.8) is 0 Å². The second kappa shape index (κ2) is 7.03. The van der Waals surface area contributed by atoms with Crippen molar-refractivity contribution in [2.45, 2.75) is 32.2 Å². The summed E-state index contributed by atoms with van der Waals surface area (Å²) in [6.45, 7) is 1.72. The maximum absolute atomic E-state index is 12.5. The number of carbonyl (C=O) groups excluding carboxylic acids is 1. The zero-order chi connectivity index (χ0) is 17.1. The first-order valence-electron chi connectivity index (χ1n) is 8.54. The molecule has 0 amide bonds. The first kappa shape index (κ1) is 15.8. The highest BCUT2D eigenvalue weighted by Gasteiger charge is 2.32. The van der Waals surface area contributed by atoms with E-state index in [1.165, 1.54) is 0 Å². The molecular weight excluding hydrogens is 316 g/mol. The lowest BCUT2D eigenvalue weighted by Crippen LogP contribution is -2.38. The van der Waals surface area contributed by atoms with E-state index in [2.05, 4.69) is 15.2 Å². The quantitative estimate of drug-likeness (QED) is 0.670. The number of esters is 1. The van der Waals surface area contributed by atoms with E-state index < -0.39 is 0 Å². The molecule has 0 spiro atoms. The van der Waals surface area contributed by atoms with Gasteiger partial charge in [-0.1, -0.05) is 47.7 Å². The Balaban J connectivity index is 1.42. The highest BCUT2D eigenvalue weighted by atomic mass is 16.5. The lowest BCUT2D eigenvalue weighted by atomic mass is 10.2. The van der Waals surface area contributed by atoms with Crippen molar-refractivity contribution in [2.75, 3.05) is 6.54 Å². The van der Waals surface area contributed by atoms with E-state index in [1.54, 1.807) is 0 Å². The maximum Gasteiger partial charge on any atom is 0.323 e. The average Bonchev–Trinajstić information content (AvgIpc) is 3.28. The number of para-hydroxylation sites is 1. The molecule has 0 unspecified atom stereocenters. The number of fused-ring (bicyclic) bond motifs is 1. The van der Waals surface area contributed by atoms with Crippen LogP contribution < -0.4 is 0 Å². The SMILES string of the molecule is O=C(OCc1ccccc1)[C@@H]1CCCN1Cn1nnc2ccccc21. The van der Waals surface area contributed by atoms with Gasteiger partial charge in [0.15, 0.2) is 0 Å². The molecule has 0 aliphatic carbocycles. The van der Waals surface area contributed by atoms with Gasteiger partial charge in [-0.15, -0.1) is 5.10 Å². The summed E-state index contributed by atoms with van der Waals surface area (Å²) in [4.78, 5) is 14.6. The lowest BCUT2D eigenvalue weighted by Gasteiger charge is -2.22. The van der Waals surface area contributed by atoms with Crippen LogP contribution in [0.1, 0.15) is 18.4 Å². The molecule has 1 saturated heterocycles. The van der Waals surface area contributed by atoms with Crippen LogP contribution in [0, 0.1) is 0 Å². The number of aromatic nitrogens is 3. The molecule has 2 aromatic carbocycles. The molecule has 0 radical (unpaired) electrons. The van der Waals surface area contributed by atoms with Crippen molar-refractivity contribution in [1.29, 1.82) is 0 Å². The molecule has 2 heterocycles. The summed E-state index contributed by atoms with van der Waals surface area (Å²) < 4.78 is 7.37. The summed E-state index contributed by atoms with van der Waals surface area (Å²) in [7, 11) is 0. The van der Waals surface area contributed by atoms with Crippen molar-refractivity contribution < 1.29 is 9.53 Å². The van der Waals surface area contributed by atoms with Gasteiger partial charge in [0.1, 0.15) is 18.2 Å². The third kappa shape index (κ3) is 3.39. The van der Waals surface area contributed by atoms with Crippen molar-refractivity contribution in [3.05, 3.63) is 60.2 Å². The first-order valence-corrected chi connectivity index (χ1v) is 8.54. The molecule has 128 valence electrons. The summed E-state index contributed by atoms with van der Waals surface area (Å²) in [6.07, 6.45) is 1.80. The Morgan fingerprint density at radius 3 is 2.80 bits per heavy atom. The Morgan fingerprint density at radius 2 is 1.92 bits per heavy atom. The predicted molar refractivity (Wildman–Crippen MR) is 93.5 cm³/mol. The minimum absolute atomic E-state index is 0.161. The Kier molecular flexibility index (Phi) is 4.43. The van der Waals surface area contributed by atoms with Crippen LogP contribution in [0.3, 0.4) is 0 Å². The fourth-order valence-electron chi connectivity index (χ4n) is 3.28. The minimum Gasteiger partial charge on any atom is -0.460 e. The molecule has 1 aliphatic rings. The molecule has 1 fully saturated rings. The largest absolute Gasteiger partial charge is 0.460 e. The van der Waals surface area contributed by atoms with Gasteiger partial charge in [-0.2, -0.15) is 0 Å². The summed E-state index contributed by atoms with van der Waals surface area (Å²) in [6, 6.07) is 17.4. The average molecular weight is 336 g/mol. The number of benzene rings is 2. The van der Waals surface area contributed by atoms with Gasteiger partial charge in [0, 0.05) is 6.54 Å². The number of ether oxygens (including phenoxy) is 1. The molecule has 6 heteroatoms. The van der Waals surface area contributed by atoms with Crippen LogP contribution in [0.15, 0.2) is 54.6 Å². The predicted octanol–water partition coefficient (Wildman–Crippen LogP) is 2.60. The third-order valence-electron chi connectivity index (χ3n) is 4.60. The third-order valence-corrected chi connectivity index (χ3v) is 4.60. The smallest absolute Gasteiger partial charge is 0.323 e. The molecule has 6 nitrogen and oxygen atoms in total. The molecule has 1 aliphatic heterocycles. The molecule has 1 aromatic heterocycles. The number of hydrogen-bond acceptors (Lipinski definition) is 5. The zero-order valence-electron chi connectivity index (χ0n) is 13.9. The zero-order valence-corrected chi connectivity index (χ0v) is 13.9. The van der Waals surface area contributed by atoms with E-state index in [4.69, 9.17) is 4.74 Å². The van der Waals surface area contributed by atoms with Crippen LogP contribution in [0.5, 0.6) is 0 Å². The normalized spacial score (nSPS) is 17.8. The van der Waals surface area contributed by atoms with Crippen LogP contribution >= 0.6 is 0 Å². The van der Waals surface area contributed by atoms with Crippen molar-refractivity contribution in [2.24, 2.45) is 0 Å². The first-order chi connectivity index (χ1) is 12.3. The topological polar surface area (TPSA) is 60.2 Å². The Morgan fingerprint density at radius 1 is 1.12 bits per heavy atom. The van der Waals surface area contributed by atoms with E-state index in [1.807, 2.05) is 59.3 Å². The number of likely N-dealkylation sites (tertiary alicyclic amines) is 1. The highest BCUT2D eigenvalue weighted by molar-refractivity contribution is 5.76. The molecule has 1 atom stereocenters. The standard InChI is InChI=1S/C19H20N4O2/c24-19(25-13-15-7-2-1-3-8-15)18-11-6-12-22(18)14-23-17-10-5-4-9-16(17)20-21-23/h1-5,7-10,18H,6,11-14H2/t18-/m0/s1. The summed E-state index contributed by atoms with van der Waals surface area (Å²) in [5.74, 6) is -0.161. The van der Waals surface area contributed by atoms with Gasteiger partial charge in [-0.25, -0.2) is 4.68 Å². The fourth-order valence-corrected chi connectivity index (χ4v) is 3.28. The number of hydrogen-bond donors (Lipinski definition) is 0. The van der Waals surface area contributed by atoms with Gasteiger partial charge >= 0.3 is 5.97 Å². The fraction of sp³-hybridized carbons (Fsp3) is 0.316. The van der Waals surface area contributed by atoms with E-state index in [0.29, 0.717) is 13.3 Å². The van der Waals surface area contributed by atoms with Crippen molar-refractivity contribution in [3.8, 4) is 0 Å². The Labute approximate surface area is 146 Å². The monoisotopic (exact) mass is 336 g/mol.